The van der Waals surface area contributed by atoms with Crippen LogP contribution in [0.2, 0.25) is 0 Å². The monoisotopic (exact) mass is 204 g/mol. The van der Waals surface area contributed by atoms with Gasteiger partial charge in [-0.15, -0.1) is 0 Å². The first-order chi connectivity index (χ1) is 7.02. The molecule has 0 aliphatic carbocycles. The van der Waals surface area contributed by atoms with Crippen molar-refractivity contribution in [3.8, 4) is 0 Å². The molecule has 0 fully saturated rings. The minimum absolute atomic E-state index is 0.149. The van der Waals surface area contributed by atoms with Gasteiger partial charge in [0.15, 0.2) is 0 Å². The number of hydrogen-bond donors (Lipinski definition) is 1. The van der Waals surface area contributed by atoms with Gasteiger partial charge in [-0.2, -0.15) is 0 Å². The number of carbonyl (C=O) groups excluding carboxylic acids is 1. The third-order valence-electron chi connectivity index (χ3n) is 2.02. The second-order valence-electron chi connectivity index (χ2n) is 3.65. The third kappa shape index (κ3) is 2.84. The molecule has 0 spiro atoms. The summed E-state index contributed by atoms with van der Waals surface area (Å²) < 4.78 is 0. The van der Waals surface area contributed by atoms with E-state index in [2.05, 4.69) is 11.9 Å². The van der Waals surface area contributed by atoms with Crippen LogP contribution in [0.5, 0.6) is 0 Å². The lowest BCUT2D eigenvalue weighted by atomic mass is 10.2. The van der Waals surface area contributed by atoms with Crippen LogP contribution in [0.15, 0.2) is 36.4 Å². The van der Waals surface area contributed by atoms with Crippen molar-refractivity contribution in [3.05, 3.63) is 36.4 Å². The van der Waals surface area contributed by atoms with Crippen molar-refractivity contribution < 1.29 is 4.79 Å². The van der Waals surface area contributed by atoms with E-state index in [1.54, 1.807) is 6.92 Å². The highest BCUT2D eigenvalue weighted by Crippen LogP contribution is 2.23. The van der Waals surface area contributed by atoms with Crippen LogP contribution in [0, 0.1) is 0 Å². The normalized spacial score (nSPS) is 9.53. The summed E-state index contributed by atoms with van der Waals surface area (Å²) in [5.41, 5.74) is 2.28. The minimum Gasteiger partial charge on any atom is -0.376 e. The van der Waals surface area contributed by atoms with Crippen LogP contribution < -0.4 is 10.2 Å². The van der Waals surface area contributed by atoms with Gasteiger partial charge < -0.3 is 10.2 Å². The van der Waals surface area contributed by atoms with Gasteiger partial charge in [0.25, 0.3) is 5.91 Å². The van der Waals surface area contributed by atoms with Crippen LogP contribution in [0.4, 0.5) is 11.4 Å². The van der Waals surface area contributed by atoms with Gasteiger partial charge in [0, 0.05) is 19.7 Å². The van der Waals surface area contributed by atoms with Crippen LogP contribution in [0.1, 0.15) is 6.92 Å². The first-order valence-corrected chi connectivity index (χ1v) is 4.75. The molecule has 1 aromatic rings. The van der Waals surface area contributed by atoms with E-state index in [0.29, 0.717) is 5.57 Å². The molecule has 0 aromatic heterocycles. The smallest absolute Gasteiger partial charge is 0.250 e. The fourth-order valence-corrected chi connectivity index (χ4v) is 1.20. The van der Waals surface area contributed by atoms with E-state index >= 15 is 0 Å². The molecule has 1 aromatic carbocycles. The number of nitrogens with zero attached hydrogens (tertiary/aromatic N) is 1. The molecule has 80 valence electrons. The number of hydrogen-bond acceptors (Lipinski definition) is 2. The molecule has 0 saturated carbocycles. The molecule has 0 unspecified atom stereocenters. The molecule has 0 aliphatic heterocycles. The lowest BCUT2D eigenvalue weighted by molar-refractivity contribution is -0.112. The average molecular weight is 204 g/mol. The van der Waals surface area contributed by atoms with Crippen molar-refractivity contribution in [3.63, 3.8) is 0 Å². The average Bonchev–Trinajstić information content (AvgIpc) is 2.18. The van der Waals surface area contributed by atoms with Crippen LogP contribution in [0.3, 0.4) is 0 Å². The van der Waals surface area contributed by atoms with Crippen LogP contribution >= 0.6 is 0 Å². The zero-order chi connectivity index (χ0) is 11.4. The first kappa shape index (κ1) is 11.3. The van der Waals surface area contributed by atoms with Gasteiger partial charge in [-0.25, -0.2) is 0 Å². The first-order valence-electron chi connectivity index (χ1n) is 4.75. The Balaban J connectivity index is 2.94. The number of benzene rings is 1. The Kier molecular flexibility index (Phi) is 3.50. The SMILES string of the molecule is C=C(C)C(=O)Nc1ccccc1N(C)C. The second kappa shape index (κ2) is 4.64. The molecule has 3 nitrogen and oxygen atoms in total. The molecule has 15 heavy (non-hydrogen) atoms. The predicted molar refractivity (Wildman–Crippen MR) is 64.2 cm³/mol. The quantitative estimate of drug-likeness (QED) is 0.766. The lowest BCUT2D eigenvalue weighted by Crippen LogP contribution is -2.16. The number of anilines is 2. The molecule has 0 bridgehead atoms. The largest absolute Gasteiger partial charge is 0.376 e. The molecule has 3 heteroatoms. The van der Waals surface area contributed by atoms with Crippen molar-refractivity contribution in [2.75, 3.05) is 24.3 Å². The minimum atomic E-state index is -0.149. The maximum atomic E-state index is 11.5. The molecule has 0 heterocycles. The Morgan fingerprint density at radius 3 is 2.47 bits per heavy atom. The summed E-state index contributed by atoms with van der Waals surface area (Å²) in [7, 11) is 3.87. The molecule has 0 aliphatic rings. The Morgan fingerprint density at radius 2 is 1.93 bits per heavy atom. The Labute approximate surface area is 90.4 Å². The van der Waals surface area contributed by atoms with Gasteiger partial charge >= 0.3 is 0 Å². The summed E-state index contributed by atoms with van der Waals surface area (Å²) >= 11 is 0. The fourth-order valence-electron chi connectivity index (χ4n) is 1.20. The van der Waals surface area contributed by atoms with Crippen molar-refractivity contribution in [2.45, 2.75) is 6.92 Å². The van der Waals surface area contributed by atoms with Crippen LogP contribution in [0.25, 0.3) is 0 Å². The highest BCUT2D eigenvalue weighted by molar-refractivity contribution is 6.04. The standard InChI is InChI=1S/C12H16N2O/c1-9(2)12(15)13-10-7-5-6-8-11(10)14(3)4/h5-8H,1H2,2-4H3,(H,13,15). The van der Waals surface area contributed by atoms with E-state index in [0.717, 1.165) is 11.4 Å². The maximum absolute atomic E-state index is 11.5. The third-order valence-corrected chi connectivity index (χ3v) is 2.02. The summed E-state index contributed by atoms with van der Waals surface area (Å²) in [6.07, 6.45) is 0. The molecule has 0 radical (unpaired) electrons. The van der Waals surface area contributed by atoms with E-state index in [4.69, 9.17) is 0 Å². The highest BCUT2D eigenvalue weighted by Gasteiger charge is 2.07. The summed E-state index contributed by atoms with van der Waals surface area (Å²) in [4.78, 5) is 13.4. The molecule has 0 saturated heterocycles. The Bertz CT molecular complexity index is 383. The summed E-state index contributed by atoms with van der Waals surface area (Å²) in [6.45, 7) is 5.29. The number of para-hydroxylation sites is 2. The Morgan fingerprint density at radius 1 is 1.33 bits per heavy atom. The van der Waals surface area contributed by atoms with Gasteiger partial charge in [0.2, 0.25) is 0 Å². The summed E-state index contributed by atoms with van der Waals surface area (Å²) in [6, 6.07) is 7.65. The highest BCUT2D eigenvalue weighted by atomic mass is 16.1. The Hall–Kier alpha value is -1.77. The van der Waals surface area contributed by atoms with Crippen molar-refractivity contribution in [1.29, 1.82) is 0 Å². The summed E-state index contributed by atoms with van der Waals surface area (Å²) in [5.74, 6) is -0.149. The zero-order valence-corrected chi connectivity index (χ0v) is 9.37. The number of nitrogens with one attached hydrogen (secondary N) is 1. The van der Waals surface area contributed by atoms with Crippen LogP contribution in [-0.2, 0) is 4.79 Å². The zero-order valence-electron chi connectivity index (χ0n) is 9.37. The molecular weight excluding hydrogens is 188 g/mol. The van der Waals surface area contributed by atoms with Gasteiger partial charge in [0.1, 0.15) is 0 Å². The van der Waals surface area contributed by atoms with E-state index in [1.807, 2.05) is 43.3 Å². The van der Waals surface area contributed by atoms with Gasteiger partial charge in [-0.1, -0.05) is 18.7 Å². The van der Waals surface area contributed by atoms with E-state index in [1.165, 1.54) is 0 Å². The van der Waals surface area contributed by atoms with Crippen molar-refractivity contribution in [1.82, 2.24) is 0 Å². The molecule has 1 amide bonds. The lowest BCUT2D eigenvalue weighted by Gasteiger charge is -2.17. The number of amides is 1. The molecule has 1 N–H and O–H groups in total. The maximum Gasteiger partial charge on any atom is 0.250 e. The van der Waals surface area contributed by atoms with Gasteiger partial charge in [-0.05, 0) is 19.1 Å². The topological polar surface area (TPSA) is 32.3 Å². The van der Waals surface area contributed by atoms with Gasteiger partial charge in [-0.3, -0.25) is 4.79 Å². The van der Waals surface area contributed by atoms with Crippen molar-refractivity contribution >= 4 is 17.3 Å². The fraction of sp³-hybridized carbons (Fsp3) is 0.250. The molecule has 0 atom stereocenters. The van der Waals surface area contributed by atoms with Crippen LogP contribution in [-0.4, -0.2) is 20.0 Å². The van der Waals surface area contributed by atoms with E-state index in [-0.39, 0.29) is 5.91 Å². The number of carbonyl (C=O) groups is 1. The van der Waals surface area contributed by atoms with Gasteiger partial charge in [0.05, 0.1) is 11.4 Å². The predicted octanol–water partition coefficient (Wildman–Crippen LogP) is 2.27. The molecular formula is C12H16N2O. The summed E-state index contributed by atoms with van der Waals surface area (Å²) in [5, 5.41) is 2.81. The van der Waals surface area contributed by atoms with Crippen molar-refractivity contribution in [2.24, 2.45) is 0 Å². The number of rotatable bonds is 3. The molecule has 1 rings (SSSR count). The van der Waals surface area contributed by atoms with E-state index in [9.17, 15) is 4.79 Å². The van der Waals surface area contributed by atoms with E-state index < -0.39 is 0 Å². The second-order valence-corrected chi connectivity index (χ2v) is 3.65.